The van der Waals surface area contributed by atoms with Gasteiger partial charge in [-0.05, 0) is 25.2 Å². The van der Waals surface area contributed by atoms with Gasteiger partial charge in [-0.25, -0.2) is 9.97 Å². The molecule has 3 aromatic rings. The Balaban J connectivity index is 1.86. The number of aromatic hydroxyl groups is 1. The van der Waals surface area contributed by atoms with Crippen molar-refractivity contribution in [3.63, 3.8) is 0 Å². The van der Waals surface area contributed by atoms with Gasteiger partial charge in [0.25, 0.3) is 0 Å². The first kappa shape index (κ1) is 16.3. The zero-order chi connectivity index (χ0) is 17.2. The zero-order valence-electron chi connectivity index (χ0n) is 14.0. The van der Waals surface area contributed by atoms with Gasteiger partial charge in [-0.15, -0.1) is 11.3 Å². The van der Waals surface area contributed by atoms with Crippen molar-refractivity contribution in [2.45, 2.75) is 6.54 Å². The van der Waals surface area contributed by atoms with Crippen LogP contribution in [0.5, 0.6) is 5.75 Å². The minimum absolute atomic E-state index is 0.218. The SMILES string of the molecule is CNCc1cc2nc(-c3cccc(O)c3)nc(N3CCOCC3)c2s1. The second-order valence-corrected chi connectivity index (χ2v) is 7.11. The van der Waals surface area contributed by atoms with Gasteiger partial charge in [0.1, 0.15) is 5.75 Å². The van der Waals surface area contributed by atoms with E-state index in [1.807, 2.05) is 19.2 Å². The lowest BCUT2D eigenvalue weighted by molar-refractivity contribution is 0.122. The largest absolute Gasteiger partial charge is 0.508 e. The molecule has 0 radical (unpaired) electrons. The summed E-state index contributed by atoms with van der Waals surface area (Å²) in [5.41, 5.74) is 1.77. The minimum Gasteiger partial charge on any atom is -0.508 e. The average molecular weight is 356 g/mol. The van der Waals surface area contributed by atoms with Gasteiger partial charge in [-0.3, -0.25) is 0 Å². The summed E-state index contributed by atoms with van der Waals surface area (Å²) in [6.07, 6.45) is 0. The number of thiophene rings is 1. The van der Waals surface area contributed by atoms with E-state index < -0.39 is 0 Å². The fourth-order valence-corrected chi connectivity index (χ4v) is 4.11. The Bertz CT molecular complexity index is 890. The van der Waals surface area contributed by atoms with Crippen LogP contribution >= 0.6 is 11.3 Å². The topological polar surface area (TPSA) is 70.5 Å². The van der Waals surface area contributed by atoms with E-state index in [4.69, 9.17) is 14.7 Å². The molecule has 0 atom stereocenters. The number of hydrogen-bond donors (Lipinski definition) is 2. The van der Waals surface area contributed by atoms with Gasteiger partial charge in [0.05, 0.1) is 23.4 Å². The maximum absolute atomic E-state index is 9.79. The van der Waals surface area contributed by atoms with Gasteiger partial charge >= 0.3 is 0 Å². The van der Waals surface area contributed by atoms with E-state index in [2.05, 4.69) is 16.3 Å². The Morgan fingerprint density at radius 1 is 1.24 bits per heavy atom. The van der Waals surface area contributed by atoms with Crippen molar-refractivity contribution in [1.82, 2.24) is 15.3 Å². The molecular weight excluding hydrogens is 336 g/mol. The highest BCUT2D eigenvalue weighted by Gasteiger charge is 2.20. The van der Waals surface area contributed by atoms with Crippen LogP contribution in [0.25, 0.3) is 21.6 Å². The van der Waals surface area contributed by atoms with E-state index >= 15 is 0 Å². The number of nitrogens with one attached hydrogen (secondary N) is 1. The standard InChI is InChI=1S/C18H20N4O2S/c1-19-11-14-10-15-16(25-14)18(22-5-7-24-8-6-22)21-17(20-15)12-3-2-4-13(23)9-12/h2-4,9-10,19,23H,5-8,11H2,1H3. The molecule has 1 aromatic carbocycles. The van der Waals surface area contributed by atoms with Crippen LogP contribution < -0.4 is 10.2 Å². The van der Waals surface area contributed by atoms with Crippen molar-refractivity contribution < 1.29 is 9.84 Å². The lowest BCUT2D eigenvalue weighted by atomic mass is 10.2. The first-order valence-corrected chi connectivity index (χ1v) is 9.13. The summed E-state index contributed by atoms with van der Waals surface area (Å²) in [4.78, 5) is 13.1. The fraction of sp³-hybridized carbons (Fsp3) is 0.333. The molecule has 3 heterocycles. The zero-order valence-corrected chi connectivity index (χ0v) is 14.8. The maximum atomic E-state index is 9.79. The molecular formula is C18H20N4O2S. The van der Waals surface area contributed by atoms with Crippen molar-refractivity contribution in [3.05, 3.63) is 35.2 Å². The van der Waals surface area contributed by atoms with Crippen LogP contribution in [0.15, 0.2) is 30.3 Å². The number of aromatic nitrogens is 2. The Hall–Kier alpha value is -2.22. The van der Waals surface area contributed by atoms with Crippen LogP contribution in [0.3, 0.4) is 0 Å². The van der Waals surface area contributed by atoms with E-state index in [0.717, 1.165) is 41.2 Å². The molecule has 2 aromatic heterocycles. The van der Waals surface area contributed by atoms with Crippen molar-refractivity contribution >= 4 is 27.4 Å². The molecule has 6 nitrogen and oxygen atoms in total. The molecule has 0 aliphatic carbocycles. The number of fused-ring (bicyclic) bond motifs is 1. The molecule has 2 N–H and O–H groups in total. The third-order valence-corrected chi connectivity index (χ3v) is 5.29. The highest BCUT2D eigenvalue weighted by molar-refractivity contribution is 7.19. The number of benzene rings is 1. The minimum atomic E-state index is 0.218. The van der Waals surface area contributed by atoms with E-state index in [0.29, 0.717) is 19.0 Å². The van der Waals surface area contributed by atoms with E-state index in [1.165, 1.54) is 4.88 Å². The quantitative estimate of drug-likeness (QED) is 0.749. The molecule has 7 heteroatoms. The number of rotatable bonds is 4. The third-order valence-electron chi connectivity index (χ3n) is 4.17. The molecule has 1 saturated heterocycles. The molecule has 130 valence electrons. The van der Waals surface area contributed by atoms with E-state index in [-0.39, 0.29) is 5.75 Å². The van der Waals surface area contributed by atoms with Crippen LogP contribution in [0, 0.1) is 0 Å². The second kappa shape index (κ2) is 6.95. The lowest BCUT2D eigenvalue weighted by Crippen LogP contribution is -2.36. The maximum Gasteiger partial charge on any atom is 0.162 e. The van der Waals surface area contributed by atoms with Gasteiger partial charge in [0.2, 0.25) is 0 Å². The van der Waals surface area contributed by atoms with Crippen molar-refractivity contribution in [3.8, 4) is 17.1 Å². The average Bonchev–Trinajstić information content (AvgIpc) is 3.04. The Kier molecular flexibility index (Phi) is 4.52. The van der Waals surface area contributed by atoms with Gasteiger partial charge in [0.15, 0.2) is 11.6 Å². The number of nitrogens with zero attached hydrogens (tertiary/aromatic N) is 3. The van der Waals surface area contributed by atoms with Gasteiger partial charge in [0, 0.05) is 30.1 Å². The number of morpholine rings is 1. The molecule has 0 saturated carbocycles. The Morgan fingerprint density at radius 3 is 2.84 bits per heavy atom. The number of hydrogen-bond acceptors (Lipinski definition) is 7. The summed E-state index contributed by atoms with van der Waals surface area (Å²) < 4.78 is 6.59. The molecule has 4 rings (SSSR count). The summed E-state index contributed by atoms with van der Waals surface area (Å²) in [6, 6.07) is 9.21. The molecule has 1 aliphatic heterocycles. The molecule has 25 heavy (non-hydrogen) atoms. The highest BCUT2D eigenvalue weighted by Crippen LogP contribution is 2.34. The summed E-state index contributed by atoms with van der Waals surface area (Å²) in [6.45, 7) is 3.88. The summed E-state index contributed by atoms with van der Waals surface area (Å²) in [5, 5.41) is 13.0. The number of anilines is 1. The fourth-order valence-electron chi connectivity index (χ4n) is 2.99. The predicted molar refractivity (Wildman–Crippen MR) is 100 cm³/mol. The molecule has 0 bridgehead atoms. The Morgan fingerprint density at radius 2 is 2.08 bits per heavy atom. The first-order chi connectivity index (χ1) is 12.2. The van der Waals surface area contributed by atoms with Crippen LogP contribution in [-0.4, -0.2) is 48.4 Å². The monoisotopic (exact) mass is 356 g/mol. The van der Waals surface area contributed by atoms with Gasteiger partial charge in [-0.1, -0.05) is 12.1 Å². The molecule has 1 aliphatic rings. The number of ether oxygens (including phenoxy) is 1. The van der Waals surface area contributed by atoms with Crippen molar-refractivity contribution in [2.24, 2.45) is 0 Å². The molecule has 0 spiro atoms. The summed E-state index contributed by atoms with van der Waals surface area (Å²) in [5.74, 6) is 1.81. The normalized spacial score (nSPS) is 15.0. The molecule has 0 unspecified atom stereocenters. The first-order valence-electron chi connectivity index (χ1n) is 8.32. The number of phenols is 1. The van der Waals surface area contributed by atoms with Crippen molar-refractivity contribution in [2.75, 3.05) is 38.3 Å². The third kappa shape index (κ3) is 3.30. The number of phenolic OH excluding ortho intramolecular Hbond substituents is 1. The highest BCUT2D eigenvalue weighted by atomic mass is 32.1. The lowest BCUT2D eigenvalue weighted by Gasteiger charge is -2.28. The van der Waals surface area contributed by atoms with Crippen molar-refractivity contribution in [1.29, 1.82) is 0 Å². The smallest absolute Gasteiger partial charge is 0.162 e. The summed E-state index contributed by atoms with van der Waals surface area (Å²) in [7, 11) is 1.94. The van der Waals surface area contributed by atoms with E-state index in [1.54, 1.807) is 23.5 Å². The van der Waals surface area contributed by atoms with Crippen LogP contribution in [0.1, 0.15) is 4.88 Å². The van der Waals surface area contributed by atoms with Crippen LogP contribution in [-0.2, 0) is 11.3 Å². The van der Waals surface area contributed by atoms with Gasteiger partial charge in [-0.2, -0.15) is 0 Å². The summed E-state index contributed by atoms with van der Waals surface area (Å²) >= 11 is 1.73. The molecule has 1 fully saturated rings. The van der Waals surface area contributed by atoms with Gasteiger partial charge < -0.3 is 20.1 Å². The van der Waals surface area contributed by atoms with Crippen LogP contribution in [0.2, 0.25) is 0 Å². The molecule has 0 amide bonds. The predicted octanol–water partition coefficient (Wildman–Crippen LogP) is 2.62. The second-order valence-electron chi connectivity index (χ2n) is 5.98. The van der Waals surface area contributed by atoms with Crippen LogP contribution in [0.4, 0.5) is 5.82 Å². The Labute approximate surface area is 150 Å². The van der Waals surface area contributed by atoms with E-state index in [9.17, 15) is 5.11 Å².